The van der Waals surface area contributed by atoms with Crippen molar-refractivity contribution in [2.75, 3.05) is 19.0 Å². The summed E-state index contributed by atoms with van der Waals surface area (Å²) in [5.74, 6) is 0.449. The molecule has 5 heteroatoms. The van der Waals surface area contributed by atoms with Gasteiger partial charge >= 0.3 is 0 Å². The minimum Gasteiger partial charge on any atom is -0.337 e. The lowest BCUT2D eigenvalue weighted by Gasteiger charge is -2.19. The zero-order chi connectivity index (χ0) is 10.4. The van der Waals surface area contributed by atoms with E-state index in [0.29, 0.717) is 18.0 Å². The predicted octanol–water partition coefficient (Wildman–Crippen LogP) is 1.50. The molecular formula is C9H14ClN3O. The van der Waals surface area contributed by atoms with E-state index in [1.807, 2.05) is 6.92 Å². The summed E-state index contributed by atoms with van der Waals surface area (Å²) in [5, 5.41) is 6.36. The molecule has 0 unspecified atom stereocenters. The standard InChI is InChI=1S/C9H14ClN3O/c1-2-4-13(5-3-10)9(14)8-6-11-12-7-8/h6-7H,2-5H2,1H3,(H,11,12). The van der Waals surface area contributed by atoms with Gasteiger partial charge in [0.05, 0.1) is 11.8 Å². The monoisotopic (exact) mass is 215 g/mol. The molecule has 0 aliphatic rings. The SMILES string of the molecule is CCCN(CCCl)C(=O)c1cn[nH]c1. The van der Waals surface area contributed by atoms with E-state index in [-0.39, 0.29) is 5.91 Å². The van der Waals surface area contributed by atoms with Crippen LogP contribution in [-0.4, -0.2) is 40.0 Å². The Hall–Kier alpha value is -1.03. The average Bonchev–Trinajstić information content (AvgIpc) is 2.69. The molecule has 4 nitrogen and oxygen atoms in total. The molecule has 0 aromatic carbocycles. The fourth-order valence-corrected chi connectivity index (χ4v) is 1.44. The van der Waals surface area contributed by atoms with Gasteiger partial charge in [-0.25, -0.2) is 0 Å². The molecule has 0 aliphatic carbocycles. The largest absolute Gasteiger partial charge is 0.337 e. The number of halogens is 1. The maximum absolute atomic E-state index is 11.8. The summed E-state index contributed by atoms with van der Waals surface area (Å²) in [6.07, 6.45) is 4.05. The maximum atomic E-state index is 11.8. The fourth-order valence-electron chi connectivity index (χ4n) is 1.24. The number of hydrogen-bond acceptors (Lipinski definition) is 2. The van der Waals surface area contributed by atoms with E-state index in [1.54, 1.807) is 11.1 Å². The van der Waals surface area contributed by atoms with E-state index in [2.05, 4.69) is 10.2 Å². The fraction of sp³-hybridized carbons (Fsp3) is 0.556. The Balaban J connectivity index is 2.63. The minimum atomic E-state index is -0.0127. The second-order valence-electron chi connectivity index (χ2n) is 2.97. The van der Waals surface area contributed by atoms with Gasteiger partial charge in [0.1, 0.15) is 0 Å². The predicted molar refractivity (Wildman–Crippen MR) is 55.5 cm³/mol. The van der Waals surface area contributed by atoms with E-state index in [1.165, 1.54) is 6.20 Å². The second-order valence-corrected chi connectivity index (χ2v) is 3.35. The highest BCUT2D eigenvalue weighted by Crippen LogP contribution is 2.03. The first-order valence-electron chi connectivity index (χ1n) is 4.63. The number of amides is 1. The van der Waals surface area contributed by atoms with Gasteiger partial charge in [-0.1, -0.05) is 6.92 Å². The van der Waals surface area contributed by atoms with Gasteiger partial charge in [-0.15, -0.1) is 11.6 Å². The van der Waals surface area contributed by atoms with Gasteiger partial charge in [-0.05, 0) is 6.42 Å². The Bertz CT molecular complexity index is 268. The van der Waals surface area contributed by atoms with E-state index in [4.69, 9.17) is 11.6 Å². The van der Waals surface area contributed by atoms with Crippen LogP contribution in [0.5, 0.6) is 0 Å². The lowest BCUT2D eigenvalue weighted by Crippen LogP contribution is -2.33. The molecule has 0 atom stereocenters. The molecule has 0 saturated carbocycles. The molecular weight excluding hydrogens is 202 g/mol. The zero-order valence-corrected chi connectivity index (χ0v) is 8.92. The van der Waals surface area contributed by atoms with E-state index in [9.17, 15) is 4.79 Å². The molecule has 78 valence electrons. The van der Waals surface area contributed by atoms with Crippen LogP contribution in [-0.2, 0) is 0 Å². The van der Waals surface area contributed by atoms with E-state index >= 15 is 0 Å². The van der Waals surface area contributed by atoms with Gasteiger partial charge < -0.3 is 4.90 Å². The molecule has 1 amide bonds. The Morgan fingerprint density at radius 3 is 2.93 bits per heavy atom. The number of nitrogens with one attached hydrogen (secondary N) is 1. The molecule has 0 spiro atoms. The van der Waals surface area contributed by atoms with Gasteiger partial charge in [0, 0.05) is 25.2 Å². The van der Waals surface area contributed by atoms with Crippen LogP contribution in [0.1, 0.15) is 23.7 Å². The van der Waals surface area contributed by atoms with Crippen LogP contribution < -0.4 is 0 Å². The molecule has 0 aliphatic heterocycles. The van der Waals surface area contributed by atoms with Crippen molar-refractivity contribution in [2.24, 2.45) is 0 Å². The Morgan fingerprint density at radius 2 is 2.43 bits per heavy atom. The van der Waals surface area contributed by atoms with Crippen molar-refractivity contribution < 1.29 is 4.79 Å². The van der Waals surface area contributed by atoms with Crippen molar-refractivity contribution in [2.45, 2.75) is 13.3 Å². The summed E-state index contributed by atoms with van der Waals surface area (Å²) >= 11 is 5.62. The van der Waals surface area contributed by atoms with Crippen molar-refractivity contribution in [3.8, 4) is 0 Å². The highest BCUT2D eigenvalue weighted by Gasteiger charge is 2.14. The highest BCUT2D eigenvalue weighted by atomic mass is 35.5. The minimum absolute atomic E-state index is 0.0127. The van der Waals surface area contributed by atoms with Crippen molar-refractivity contribution in [3.63, 3.8) is 0 Å². The van der Waals surface area contributed by atoms with Crippen LogP contribution in [0.3, 0.4) is 0 Å². The van der Waals surface area contributed by atoms with Crippen LogP contribution in [0.25, 0.3) is 0 Å². The van der Waals surface area contributed by atoms with Crippen molar-refractivity contribution in [3.05, 3.63) is 18.0 Å². The Kier molecular flexibility index (Phi) is 4.46. The number of carbonyl (C=O) groups excluding carboxylic acids is 1. The van der Waals surface area contributed by atoms with Crippen molar-refractivity contribution >= 4 is 17.5 Å². The van der Waals surface area contributed by atoms with Crippen LogP contribution in [0.2, 0.25) is 0 Å². The molecule has 1 aromatic heterocycles. The molecule has 1 heterocycles. The summed E-state index contributed by atoms with van der Waals surface area (Å²) in [5.41, 5.74) is 0.587. The molecule has 1 rings (SSSR count). The molecule has 1 aromatic rings. The highest BCUT2D eigenvalue weighted by molar-refractivity contribution is 6.18. The van der Waals surface area contributed by atoms with E-state index < -0.39 is 0 Å². The summed E-state index contributed by atoms with van der Waals surface area (Å²) in [7, 11) is 0. The number of carbonyl (C=O) groups is 1. The lowest BCUT2D eigenvalue weighted by atomic mass is 10.3. The third kappa shape index (κ3) is 2.73. The van der Waals surface area contributed by atoms with Gasteiger partial charge in [0.15, 0.2) is 0 Å². The second kappa shape index (κ2) is 5.65. The lowest BCUT2D eigenvalue weighted by molar-refractivity contribution is 0.0765. The topological polar surface area (TPSA) is 49.0 Å². The number of hydrogen-bond donors (Lipinski definition) is 1. The van der Waals surface area contributed by atoms with Crippen LogP contribution >= 0.6 is 11.6 Å². The maximum Gasteiger partial charge on any atom is 0.257 e. The Morgan fingerprint density at radius 1 is 1.64 bits per heavy atom. The van der Waals surface area contributed by atoms with Crippen LogP contribution in [0.4, 0.5) is 0 Å². The first-order valence-corrected chi connectivity index (χ1v) is 5.17. The molecule has 0 bridgehead atoms. The number of aromatic nitrogens is 2. The third-order valence-corrected chi connectivity index (χ3v) is 2.05. The molecule has 0 saturated heterocycles. The van der Waals surface area contributed by atoms with Gasteiger partial charge in [0.2, 0.25) is 0 Å². The van der Waals surface area contributed by atoms with Crippen molar-refractivity contribution in [1.82, 2.24) is 15.1 Å². The quantitative estimate of drug-likeness (QED) is 0.757. The normalized spacial score (nSPS) is 10.1. The summed E-state index contributed by atoms with van der Waals surface area (Å²) in [6.45, 7) is 3.35. The zero-order valence-electron chi connectivity index (χ0n) is 8.16. The number of H-pyrrole nitrogens is 1. The number of nitrogens with zero attached hydrogens (tertiary/aromatic N) is 2. The Labute approximate surface area is 88.2 Å². The van der Waals surface area contributed by atoms with Gasteiger partial charge in [0.25, 0.3) is 5.91 Å². The number of aromatic amines is 1. The van der Waals surface area contributed by atoms with Crippen LogP contribution in [0.15, 0.2) is 12.4 Å². The van der Waals surface area contributed by atoms with Gasteiger partial charge in [-0.3, -0.25) is 9.89 Å². The number of alkyl halides is 1. The first-order chi connectivity index (χ1) is 6.79. The summed E-state index contributed by atoms with van der Waals surface area (Å²) < 4.78 is 0. The first kappa shape index (κ1) is 11.0. The third-order valence-electron chi connectivity index (χ3n) is 1.88. The molecule has 0 radical (unpaired) electrons. The summed E-state index contributed by atoms with van der Waals surface area (Å²) in [6, 6.07) is 0. The van der Waals surface area contributed by atoms with Crippen molar-refractivity contribution in [1.29, 1.82) is 0 Å². The van der Waals surface area contributed by atoms with Crippen LogP contribution in [0, 0.1) is 0 Å². The smallest absolute Gasteiger partial charge is 0.257 e. The van der Waals surface area contributed by atoms with Gasteiger partial charge in [-0.2, -0.15) is 5.10 Å². The number of rotatable bonds is 5. The molecule has 1 N–H and O–H groups in total. The summed E-state index contributed by atoms with van der Waals surface area (Å²) in [4.78, 5) is 13.5. The molecule has 14 heavy (non-hydrogen) atoms. The molecule has 0 fully saturated rings. The van der Waals surface area contributed by atoms with E-state index in [0.717, 1.165) is 13.0 Å². The average molecular weight is 216 g/mol.